The first-order valence-electron chi connectivity index (χ1n) is 6.03. The Hall–Kier alpha value is -1.40. The Morgan fingerprint density at radius 3 is 3.00 bits per heavy atom. The van der Waals surface area contributed by atoms with Gasteiger partial charge in [-0.1, -0.05) is 19.0 Å². The number of hydrogen-bond donors (Lipinski definition) is 2. The molecule has 0 aliphatic carbocycles. The monoisotopic (exact) mass is 253 g/mol. The van der Waals surface area contributed by atoms with Crippen LogP contribution >= 0.6 is 0 Å². The molecule has 0 aromatic carbocycles. The third kappa shape index (κ3) is 2.70. The molecule has 2 rings (SSSR count). The van der Waals surface area contributed by atoms with E-state index in [1.165, 1.54) is 0 Å². The van der Waals surface area contributed by atoms with Crippen LogP contribution in [0.3, 0.4) is 0 Å². The van der Waals surface area contributed by atoms with Crippen molar-refractivity contribution in [3.8, 4) is 0 Å². The first-order chi connectivity index (χ1) is 8.53. The van der Waals surface area contributed by atoms with Crippen molar-refractivity contribution in [3.05, 3.63) is 11.8 Å². The van der Waals surface area contributed by atoms with Crippen molar-refractivity contribution in [2.75, 3.05) is 25.6 Å². The minimum atomic E-state index is -0.240. The van der Waals surface area contributed by atoms with Crippen LogP contribution in [0, 0.1) is 0 Å². The maximum atomic E-state index is 11.7. The highest BCUT2D eigenvalue weighted by atomic mass is 16.5. The van der Waals surface area contributed by atoms with Gasteiger partial charge in [0, 0.05) is 18.6 Å². The van der Waals surface area contributed by atoms with Crippen molar-refractivity contribution in [2.45, 2.75) is 31.7 Å². The Labute approximate surface area is 106 Å². The number of carbonyl (C=O) groups is 1. The van der Waals surface area contributed by atoms with Gasteiger partial charge in [-0.15, -0.1) is 0 Å². The van der Waals surface area contributed by atoms with Crippen LogP contribution in [-0.4, -0.2) is 37.4 Å². The van der Waals surface area contributed by atoms with Crippen molar-refractivity contribution in [1.82, 2.24) is 10.5 Å². The minimum absolute atomic E-state index is 0.0755. The fraction of sp³-hybridized carbons (Fsp3) is 0.667. The van der Waals surface area contributed by atoms with Gasteiger partial charge in [-0.25, -0.2) is 0 Å². The average Bonchev–Trinajstić information content (AvgIpc) is 2.63. The summed E-state index contributed by atoms with van der Waals surface area (Å²) in [6.45, 7) is 5.44. The van der Waals surface area contributed by atoms with E-state index in [1.54, 1.807) is 13.2 Å². The molecule has 100 valence electrons. The van der Waals surface area contributed by atoms with Crippen LogP contribution in [0.2, 0.25) is 0 Å². The predicted molar refractivity (Wildman–Crippen MR) is 66.4 cm³/mol. The van der Waals surface area contributed by atoms with Crippen LogP contribution in [-0.2, 0) is 14.9 Å². The summed E-state index contributed by atoms with van der Waals surface area (Å²) in [5, 5.41) is 9.71. The maximum absolute atomic E-state index is 11.7. The molecule has 6 nitrogen and oxygen atoms in total. The maximum Gasteiger partial charge on any atom is 0.243 e. The summed E-state index contributed by atoms with van der Waals surface area (Å²) in [4.78, 5) is 11.7. The van der Waals surface area contributed by atoms with Crippen molar-refractivity contribution >= 4 is 11.8 Å². The molecule has 0 bridgehead atoms. The van der Waals surface area contributed by atoms with Crippen LogP contribution in [0.1, 0.15) is 26.0 Å². The molecule has 1 fully saturated rings. The molecule has 2 heterocycles. The van der Waals surface area contributed by atoms with E-state index < -0.39 is 0 Å². The first kappa shape index (κ1) is 13.0. The smallest absolute Gasteiger partial charge is 0.243 e. The van der Waals surface area contributed by atoms with Gasteiger partial charge >= 0.3 is 0 Å². The number of aromatic nitrogens is 1. The SMILES string of the molecule is COCC(C)(C)c1cc(NC(=O)C2CCN2)on1. The molecule has 18 heavy (non-hydrogen) atoms. The molecular formula is C12H19N3O3. The number of ether oxygens (including phenoxy) is 1. The third-order valence-corrected chi connectivity index (χ3v) is 3.10. The molecule has 1 unspecified atom stereocenters. The van der Waals surface area contributed by atoms with Crippen LogP contribution in [0.5, 0.6) is 0 Å². The Morgan fingerprint density at radius 1 is 1.72 bits per heavy atom. The van der Waals surface area contributed by atoms with E-state index >= 15 is 0 Å². The molecule has 1 aliphatic rings. The molecule has 1 atom stereocenters. The van der Waals surface area contributed by atoms with Gasteiger partial charge in [-0.3, -0.25) is 10.1 Å². The van der Waals surface area contributed by atoms with E-state index in [2.05, 4.69) is 15.8 Å². The molecule has 0 radical (unpaired) electrons. The van der Waals surface area contributed by atoms with Gasteiger partial charge in [0.05, 0.1) is 18.3 Å². The topological polar surface area (TPSA) is 76.4 Å². The molecule has 6 heteroatoms. The lowest BCUT2D eigenvalue weighted by Gasteiger charge is -2.25. The van der Waals surface area contributed by atoms with Gasteiger partial charge in [-0.05, 0) is 13.0 Å². The van der Waals surface area contributed by atoms with Gasteiger partial charge < -0.3 is 14.6 Å². The Balaban J connectivity index is 1.99. The van der Waals surface area contributed by atoms with Gasteiger partial charge in [0.25, 0.3) is 0 Å². The number of anilines is 1. The molecular weight excluding hydrogens is 234 g/mol. The summed E-state index contributed by atoms with van der Waals surface area (Å²) >= 11 is 0. The molecule has 1 aliphatic heterocycles. The Kier molecular flexibility index (Phi) is 3.68. The second kappa shape index (κ2) is 5.07. The van der Waals surface area contributed by atoms with Crippen LogP contribution in [0.15, 0.2) is 10.6 Å². The lowest BCUT2D eigenvalue weighted by molar-refractivity contribution is -0.119. The second-order valence-electron chi connectivity index (χ2n) is 5.18. The normalized spacial score (nSPS) is 19.4. The largest absolute Gasteiger partial charge is 0.384 e. The minimum Gasteiger partial charge on any atom is -0.384 e. The highest BCUT2D eigenvalue weighted by molar-refractivity contribution is 5.94. The van der Waals surface area contributed by atoms with E-state index in [1.807, 2.05) is 13.8 Å². The number of nitrogens with zero attached hydrogens (tertiary/aromatic N) is 1. The number of hydrogen-bond acceptors (Lipinski definition) is 5. The number of methoxy groups -OCH3 is 1. The van der Waals surface area contributed by atoms with Crippen molar-refractivity contribution in [3.63, 3.8) is 0 Å². The zero-order chi connectivity index (χ0) is 13.2. The molecule has 2 N–H and O–H groups in total. The number of carbonyl (C=O) groups excluding carboxylic acids is 1. The summed E-state index contributed by atoms with van der Waals surface area (Å²) < 4.78 is 10.3. The summed E-state index contributed by atoms with van der Waals surface area (Å²) in [6, 6.07) is 1.64. The standard InChI is InChI=1S/C12H19N3O3/c1-12(2,7-17-3)9-6-10(18-15-9)14-11(16)8-4-5-13-8/h6,8,13H,4-5,7H2,1-3H3,(H,14,16). The number of rotatable bonds is 5. The van der Waals surface area contributed by atoms with E-state index in [0.717, 1.165) is 18.7 Å². The predicted octanol–water partition coefficient (Wildman–Crippen LogP) is 0.899. The molecule has 1 saturated heterocycles. The lowest BCUT2D eigenvalue weighted by Crippen LogP contribution is -2.50. The van der Waals surface area contributed by atoms with E-state index in [4.69, 9.17) is 9.26 Å². The number of amides is 1. The summed E-state index contributed by atoms with van der Waals surface area (Å²) in [5.41, 5.74) is 0.525. The summed E-state index contributed by atoms with van der Waals surface area (Å²) in [6.07, 6.45) is 0.863. The molecule has 1 amide bonds. The Morgan fingerprint density at radius 2 is 2.44 bits per heavy atom. The Bertz CT molecular complexity index is 424. The second-order valence-corrected chi connectivity index (χ2v) is 5.18. The summed E-state index contributed by atoms with van der Waals surface area (Å²) in [7, 11) is 1.65. The number of nitrogens with one attached hydrogen (secondary N) is 2. The molecule has 0 saturated carbocycles. The first-order valence-corrected chi connectivity index (χ1v) is 6.03. The van der Waals surface area contributed by atoms with Gasteiger partial charge in [0.1, 0.15) is 0 Å². The molecule has 1 aromatic rings. The zero-order valence-corrected chi connectivity index (χ0v) is 10.9. The van der Waals surface area contributed by atoms with Crippen molar-refractivity contribution in [1.29, 1.82) is 0 Å². The quantitative estimate of drug-likeness (QED) is 0.815. The van der Waals surface area contributed by atoms with Gasteiger partial charge in [-0.2, -0.15) is 0 Å². The molecule has 0 spiro atoms. The lowest BCUT2D eigenvalue weighted by atomic mass is 9.90. The third-order valence-electron chi connectivity index (χ3n) is 3.10. The van der Waals surface area contributed by atoms with Crippen LogP contribution < -0.4 is 10.6 Å². The fourth-order valence-corrected chi connectivity index (χ4v) is 1.81. The van der Waals surface area contributed by atoms with E-state index in [-0.39, 0.29) is 17.4 Å². The van der Waals surface area contributed by atoms with E-state index in [0.29, 0.717) is 12.5 Å². The molecule has 1 aromatic heterocycles. The van der Waals surface area contributed by atoms with Crippen molar-refractivity contribution < 1.29 is 14.1 Å². The van der Waals surface area contributed by atoms with Gasteiger partial charge in [0.15, 0.2) is 0 Å². The summed E-state index contributed by atoms with van der Waals surface area (Å²) in [5.74, 6) is 0.307. The average molecular weight is 253 g/mol. The van der Waals surface area contributed by atoms with Crippen LogP contribution in [0.4, 0.5) is 5.88 Å². The van der Waals surface area contributed by atoms with Crippen molar-refractivity contribution in [2.24, 2.45) is 0 Å². The zero-order valence-electron chi connectivity index (χ0n) is 10.9. The fourth-order valence-electron chi connectivity index (χ4n) is 1.81. The van der Waals surface area contributed by atoms with Gasteiger partial charge in [0.2, 0.25) is 11.8 Å². The highest BCUT2D eigenvalue weighted by Gasteiger charge is 2.28. The highest BCUT2D eigenvalue weighted by Crippen LogP contribution is 2.25. The van der Waals surface area contributed by atoms with E-state index in [9.17, 15) is 4.79 Å². The van der Waals surface area contributed by atoms with Crippen LogP contribution in [0.25, 0.3) is 0 Å².